The van der Waals surface area contributed by atoms with Gasteiger partial charge in [-0.3, -0.25) is 14.5 Å². The number of carbonyl (C=O) groups is 2. The van der Waals surface area contributed by atoms with Crippen molar-refractivity contribution in [2.24, 2.45) is 5.92 Å². The number of amides is 2. The van der Waals surface area contributed by atoms with Crippen LogP contribution in [0.25, 0.3) is 0 Å². The average Bonchev–Trinajstić information content (AvgIpc) is 3.45. The van der Waals surface area contributed by atoms with Gasteiger partial charge in [-0.05, 0) is 63.0 Å². The first-order chi connectivity index (χ1) is 15.1. The van der Waals surface area contributed by atoms with Crippen molar-refractivity contribution in [3.05, 3.63) is 48.0 Å². The summed E-state index contributed by atoms with van der Waals surface area (Å²) in [7, 11) is 0. The third kappa shape index (κ3) is 3.85. The van der Waals surface area contributed by atoms with E-state index in [0.29, 0.717) is 17.2 Å². The van der Waals surface area contributed by atoms with E-state index in [2.05, 4.69) is 16.3 Å². The van der Waals surface area contributed by atoms with Crippen LogP contribution in [0.5, 0.6) is 11.5 Å². The molecule has 0 unspecified atom stereocenters. The molecule has 3 aliphatic rings. The molecule has 31 heavy (non-hydrogen) atoms. The number of nitrogens with zero attached hydrogens (tertiary/aromatic N) is 2. The van der Waals surface area contributed by atoms with Crippen LogP contribution in [0.1, 0.15) is 25.3 Å². The van der Waals surface area contributed by atoms with Gasteiger partial charge in [0.1, 0.15) is 0 Å². The fourth-order valence-corrected chi connectivity index (χ4v) is 4.72. The Balaban J connectivity index is 1.16. The summed E-state index contributed by atoms with van der Waals surface area (Å²) in [6.07, 6.45) is 2.39. The minimum absolute atomic E-state index is 0.0194. The van der Waals surface area contributed by atoms with Gasteiger partial charge in [-0.2, -0.15) is 0 Å². The second-order valence-corrected chi connectivity index (χ2v) is 8.41. The van der Waals surface area contributed by atoms with Crippen molar-refractivity contribution in [3.63, 3.8) is 0 Å². The third-order valence-corrected chi connectivity index (χ3v) is 6.60. The van der Waals surface area contributed by atoms with Crippen molar-refractivity contribution in [1.29, 1.82) is 0 Å². The molecule has 7 heteroatoms. The van der Waals surface area contributed by atoms with Crippen LogP contribution in [0.2, 0.25) is 0 Å². The molecule has 0 spiro atoms. The number of rotatable bonds is 4. The molecule has 0 aliphatic carbocycles. The molecule has 0 saturated carbocycles. The highest BCUT2D eigenvalue weighted by atomic mass is 16.7. The first-order valence-corrected chi connectivity index (χ1v) is 10.9. The van der Waals surface area contributed by atoms with E-state index in [1.54, 1.807) is 6.07 Å². The number of nitrogens with one attached hydrogen (secondary N) is 1. The molecule has 1 fully saturated rings. The maximum atomic E-state index is 13.1. The second-order valence-electron chi connectivity index (χ2n) is 8.41. The number of fused-ring (bicyclic) bond motifs is 2. The maximum Gasteiger partial charge on any atom is 0.244 e. The summed E-state index contributed by atoms with van der Waals surface area (Å²) < 4.78 is 10.7. The van der Waals surface area contributed by atoms with E-state index in [1.165, 1.54) is 5.56 Å². The largest absolute Gasteiger partial charge is 0.454 e. The molecule has 1 atom stereocenters. The Morgan fingerprint density at radius 1 is 1.03 bits per heavy atom. The van der Waals surface area contributed by atoms with Gasteiger partial charge >= 0.3 is 0 Å². The predicted molar refractivity (Wildman–Crippen MR) is 117 cm³/mol. The molecule has 2 aromatic rings. The van der Waals surface area contributed by atoms with Crippen molar-refractivity contribution in [2.75, 3.05) is 36.6 Å². The molecule has 0 radical (unpaired) electrons. The van der Waals surface area contributed by atoms with Crippen LogP contribution in [0, 0.1) is 5.92 Å². The van der Waals surface area contributed by atoms with E-state index in [9.17, 15) is 9.59 Å². The zero-order valence-electron chi connectivity index (χ0n) is 17.7. The molecule has 1 N–H and O–H groups in total. The summed E-state index contributed by atoms with van der Waals surface area (Å²) in [6, 6.07) is 13.4. The lowest BCUT2D eigenvalue weighted by Gasteiger charge is -2.36. The normalized spacial score (nSPS) is 19.2. The highest BCUT2D eigenvalue weighted by Crippen LogP contribution is 2.34. The molecular weight excluding hydrogens is 394 g/mol. The first kappa shape index (κ1) is 19.9. The number of ether oxygens (including phenoxy) is 2. The van der Waals surface area contributed by atoms with Crippen molar-refractivity contribution in [3.8, 4) is 11.5 Å². The smallest absolute Gasteiger partial charge is 0.244 e. The Labute approximate surface area is 181 Å². The molecule has 7 nitrogen and oxygen atoms in total. The Morgan fingerprint density at radius 3 is 2.65 bits per heavy atom. The molecule has 1 saturated heterocycles. The van der Waals surface area contributed by atoms with Gasteiger partial charge in [0.25, 0.3) is 0 Å². The Hall–Kier alpha value is -3.06. The standard InChI is InChI=1S/C24H27N3O4/c1-16(24(29)27-13-10-17-4-2-3-5-20(17)27)26-11-8-18(9-12-26)23(28)25-19-6-7-21-22(14-19)31-15-30-21/h2-7,14,16,18H,8-13,15H2,1H3,(H,25,28)/t16-/m0/s1. The molecule has 0 bridgehead atoms. The van der Waals surface area contributed by atoms with Gasteiger partial charge in [-0.15, -0.1) is 0 Å². The first-order valence-electron chi connectivity index (χ1n) is 10.9. The van der Waals surface area contributed by atoms with Crippen LogP contribution in [-0.2, 0) is 16.0 Å². The number of hydrogen-bond acceptors (Lipinski definition) is 5. The van der Waals surface area contributed by atoms with E-state index >= 15 is 0 Å². The third-order valence-electron chi connectivity index (χ3n) is 6.60. The summed E-state index contributed by atoms with van der Waals surface area (Å²) >= 11 is 0. The van der Waals surface area contributed by atoms with Crippen LogP contribution in [0.15, 0.2) is 42.5 Å². The number of anilines is 2. The van der Waals surface area contributed by atoms with E-state index in [-0.39, 0.29) is 30.6 Å². The molecule has 3 heterocycles. The average molecular weight is 421 g/mol. The number of piperidine rings is 1. The SMILES string of the molecule is C[C@@H](C(=O)N1CCc2ccccc21)N1CCC(C(=O)Nc2ccc3c(c2)OCO3)CC1. The lowest BCUT2D eigenvalue weighted by Crippen LogP contribution is -2.50. The van der Waals surface area contributed by atoms with Gasteiger partial charge in [0, 0.05) is 29.9 Å². The Kier molecular flexibility index (Phi) is 5.28. The molecule has 2 amide bonds. The van der Waals surface area contributed by atoms with Gasteiger partial charge in [-0.25, -0.2) is 0 Å². The molecule has 0 aromatic heterocycles. The van der Waals surface area contributed by atoms with Gasteiger partial charge in [0.15, 0.2) is 11.5 Å². The summed E-state index contributed by atoms with van der Waals surface area (Å²) in [6.45, 7) is 4.42. The molecule has 2 aromatic carbocycles. The van der Waals surface area contributed by atoms with Crippen LogP contribution in [0.4, 0.5) is 11.4 Å². The zero-order valence-corrected chi connectivity index (χ0v) is 17.7. The quantitative estimate of drug-likeness (QED) is 0.822. The monoisotopic (exact) mass is 421 g/mol. The Morgan fingerprint density at radius 2 is 1.81 bits per heavy atom. The molecule has 162 valence electrons. The van der Waals surface area contributed by atoms with E-state index in [0.717, 1.165) is 44.6 Å². The fourth-order valence-electron chi connectivity index (χ4n) is 4.72. The van der Waals surface area contributed by atoms with Crippen LogP contribution in [0.3, 0.4) is 0 Å². The highest BCUT2D eigenvalue weighted by Gasteiger charge is 2.34. The van der Waals surface area contributed by atoms with Crippen molar-refractivity contribution < 1.29 is 19.1 Å². The topological polar surface area (TPSA) is 71.1 Å². The number of carbonyl (C=O) groups excluding carboxylic acids is 2. The fraction of sp³-hybridized carbons (Fsp3) is 0.417. The van der Waals surface area contributed by atoms with E-state index < -0.39 is 0 Å². The minimum atomic E-state index is -0.191. The van der Waals surface area contributed by atoms with Crippen LogP contribution in [-0.4, -0.2) is 49.2 Å². The van der Waals surface area contributed by atoms with E-state index in [4.69, 9.17) is 9.47 Å². The minimum Gasteiger partial charge on any atom is -0.454 e. The van der Waals surface area contributed by atoms with Crippen molar-refractivity contribution >= 4 is 23.2 Å². The maximum absolute atomic E-state index is 13.1. The predicted octanol–water partition coefficient (Wildman–Crippen LogP) is 3.04. The summed E-state index contributed by atoms with van der Waals surface area (Å²) in [5.41, 5.74) is 2.99. The second kappa shape index (κ2) is 8.23. The van der Waals surface area contributed by atoms with Crippen molar-refractivity contribution in [1.82, 2.24) is 4.90 Å². The van der Waals surface area contributed by atoms with Gasteiger partial charge in [0.05, 0.1) is 6.04 Å². The van der Waals surface area contributed by atoms with E-state index in [1.807, 2.05) is 42.2 Å². The number of likely N-dealkylation sites (tertiary alicyclic amines) is 1. The molecular formula is C24H27N3O4. The number of benzene rings is 2. The number of para-hydroxylation sites is 1. The van der Waals surface area contributed by atoms with Crippen LogP contribution < -0.4 is 19.7 Å². The van der Waals surface area contributed by atoms with Crippen molar-refractivity contribution in [2.45, 2.75) is 32.2 Å². The summed E-state index contributed by atoms with van der Waals surface area (Å²) in [4.78, 5) is 30.0. The lowest BCUT2D eigenvalue weighted by atomic mass is 9.94. The molecule has 5 rings (SSSR count). The van der Waals surface area contributed by atoms with Gasteiger partial charge in [-0.1, -0.05) is 18.2 Å². The van der Waals surface area contributed by atoms with Gasteiger partial charge < -0.3 is 19.7 Å². The Bertz CT molecular complexity index is 1000. The van der Waals surface area contributed by atoms with Crippen LogP contribution >= 0.6 is 0 Å². The summed E-state index contributed by atoms with van der Waals surface area (Å²) in [5.74, 6) is 1.46. The lowest BCUT2D eigenvalue weighted by molar-refractivity contribution is -0.124. The zero-order chi connectivity index (χ0) is 21.4. The summed E-state index contributed by atoms with van der Waals surface area (Å²) in [5, 5.41) is 3.00. The van der Waals surface area contributed by atoms with Gasteiger partial charge in [0.2, 0.25) is 18.6 Å². The number of hydrogen-bond donors (Lipinski definition) is 1. The molecule has 3 aliphatic heterocycles. The highest BCUT2D eigenvalue weighted by molar-refractivity contribution is 5.98.